The van der Waals surface area contributed by atoms with Gasteiger partial charge in [-0.05, 0) is 37.0 Å². The molecule has 1 saturated heterocycles. The molecule has 5 heteroatoms. The molecule has 102 valence electrons. The first-order chi connectivity index (χ1) is 9.06. The Kier molecular flexibility index (Phi) is 3.19. The number of rotatable bonds is 3. The lowest BCUT2D eigenvalue weighted by molar-refractivity contribution is 0.340. The van der Waals surface area contributed by atoms with E-state index in [0.29, 0.717) is 5.56 Å². The molecule has 1 aromatic carbocycles. The molecule has 3 nitrogen and oxygen atoms in total. The molecule has 1 aromatic rings. The zero-order valence-electron chi connectivity index (χ0n) is 10.5. The molecule has 0 unspecified atom stereocenters. The maximum absolute atomic E-state index is 13.1. The van der Waals surface area contributed by atoms with Gasteiger partial charge in [0, 0.05) is 12.1 Å². The molecule has 0 saturated carbocycles. The third-order valence-electron chi connectivity index (χ3n) is 3.81. The van der Waals surface area contributed by atoms with Crippen molar-refractivity contribution < 1.29 is 12.8 Å². The van der Waals surface area contributed by atoms with Gasteiger partial charge in [0.25, 0.3) is 0 Å². The molecule has 2 bridgehead atoms. The Hall–Kier alpha value is -1.20. The average Bonchev–Trinajstić information content (AvgIpc) is 2.61. The molecule has 3 rings (SSSR count). The SMILES string of the molecule is O=S(=O)(Cc1cccc(F)c1)N1[C@H]2CC=C[C@H]1CC2. The molecule has 0 amide bonds. The largest absolute Gasteiger partial charge is 0.219 e. The van der Waals surface area contributed by atoms with Gasteiger partial charge in [0.15, 0.2) is 0 Å². The first kappa shape index (κ1) is 12.8. The Morgan fingerprint density at radius 1 is 1.32 bits per heavy atom. The number of halogens is 1. The predicted molar refractivity (Wildman–Crippen MR) is 71.4 cm³/mol. The standard InChI is InChI=1S/C14H16FNO2S/c15-12-4-1-3-11(9-12)10-19(17,18)16-13-5-2-6-14(16)8-7-13/h1-5,9,13-14H,6-8,10H2/t13-,14-/m0/s1. The second kappa shape index (κ2) is 4.72. The molecule has 0 N–H and O–H groups in total. The van der Waals surface area contributed by atoms with Crippen molar-refractivity contribution in [1.29, 1.82) is 0 Å². The highest BCUT2D eigenvalue weighted by atomic mass is 32.2. The van der Waals surface area contributed by atoms with Crippen LogP contribution in [-0.2, 0) is 15.8 Å². The molecule has 2 heterocycles. The van der Waals surface area contributed by atoms with E-state index >= 15 is 0 Å². The second-order valence-corrected chi connectivity index (χ2v) is 7.05. The maximum Gasteiger partial charge on any atom is 0.219 e. The van der Waals surface area contributed by atoms with E-state index < -0.39 is 15.8 Å². The van der Waals surface area contributed by atoms with Crippen LogP contribution in [0.5, 0.6) is 0 Å². The van der Waals surface area contributed by atoms with Crippen LogP contribution in [0.4, 0.5) is 4.39 Å². The lowest BCUT2D eigenvalue weighted by Crippen LogP contribution is -2.42. The lowest BCUT2D eigenvalue weighted by Gasteiger charge is -2.30. The molecule has 2 aliphatic rings. The Balaban J connectivity index is 1.86. The van der Waals surface area contributed by atoms with Crippen LogP contribution in [0, 0.1) is 5.82 Å². The van der Waals surface area contributed by atoms with Crippen LogP contribution in [0.15, 0.2) is 36.4 Å². The summed E-state index contributed by atoms with van der Waals surface area (Å²) in [6.07, 6.45) is 6.64. The van der Waals surface area contributed by atoms with Crippen LogP contribution in [0.25, 0.3) is 0 Å². The number of nitrogens with zero attached hydrogens (tertiary/aromatic N) is 1. The minimum atomic E-state index is -3.37. The van der Waals surface area contributed by atoms with Crippen LogP contribution < -0.4 is 0 Å². The highest BCUT2D eigenvalue weighted by Crippen LogP contribution is 2.34. The zero-order valence-corrected chi connectivity index (χ0v) is 11.3. The fraction of sp³-hybridized carbons (Fsp3) is 0.429. The van der Waals surface area contributed by atoms with E-state index in [-0.39, 0.29) is 17.8 Å². The summed E-state index contributed by atoms with van der Waals surface area (Å²) < 4.78 is 39.7. The second-order valence-electron chi connectivity index (χ2n) is 5.18. The number of benzene rings is 1. The van der Waals surface area contributed by atoms with Crippen molar-refractivity contribution in [2.24, 2.45) is 0 Å². The summed E-state index contributed by atoms with van der Waals surface area (Å²) >= 11 is 0. The van der Waals surface area contributed by atoms with Gasteiger partial charge in [-0.2, -0.15) is 4.31 Å². The van der Waals surface area contributed by atoms with E-state index in [4.69, 9.17) is 0 Å². The van der Waals surface area contributed by atoms with Crippen molar-refractivity contribution in [2.75, 3.05) is 0 Å². The topological polar surface area (TPSA) is 37.4 Å². The predicted octanol–water partition coefficient (Wildman–Crippen LogP) is 2.45. The summed E-state index contributed by atoms with van der Waals surface area (Å²) in [5.74, 6) is -0.514. The smallest absolute Gasteiger partial charge is 0.212 e. The maximum atomic E-state index is 13.1. The van der Waals surface area contributed by atoms with Gasteiger partial charge >= 0.3 is 0 Å². The molecule has 0 spiro atoms. The normalized spacial score (nSPS) is 26.8. The van der Waals surface area contributed by atoms with Gasteiger partial charge in [0.05, 0.1) is 5.75 Å². The van der Waals surface area contributed by atoms with E-state index in [1.807, 2.05) is 6.08 Å². The highest BCUT2D eigenvalue weighted by Gasteiger charge is 2.41. The van der Waals surface area contributed by atoms with Crippen molar-refractivity contribution in [3.05, 3.63) is 47.8 Å². The number of sulfonamides is 1. The molecule has 19 heavy (non-hydrogen) atoms. The van der Waals surface area contributed by atoms with Gasteiger partial charge in [-0.1, -0.05) is 24.3 Å². The summed E-state index contributed by atoms with van der Waals surface area (Å²) in [4.78, 5) is 0. The average molecular weight is 281 g/mol. The van der Waals surface area contributed by atoms with Crippen LogP contribution in [0.2, 0.25) is 0 Å². The van der Waals surface area contributed by atoms with E-state index in [1.165, 1.54) is 12.1 Å². The van der Waals surface area contributed by atoms with Crippen molar-refractivity contribution in [2.45, 2.75) is 37.1 Å². The lowest BCUT2D eigenvalue weighted by atomic mass is 10.2. The molecule has 0 aliphatic carbocycles. The van der Waals surface area contributed by atoms with Gasteiger partial charge in [-0.25, -0.2) is 12.8 Å². The molecular weight excluding hydrogens is 265 g/mol. The molecule has 0 aromatic heterocycles. The summed E-state index contributed by atoms with van der Waals surface area (Å²) in [5, 5.41) is 0. The first-order valence-electron chi connectivity index (χ1n) is 6.48. The van der Waals surface area contributed by atoms with E-state index in [2.05, 4.69) is 6.08 Å². The van der Waals surface area contributed by atoms with Gasteiger partial charge < -0.3 is 0 Å². The third kappa shape index (κ3) is 2.44. The molecule has 2 atom stereocenters. The Bertz CT molecular complexity index is 612. The Labute approximate surface area is 112 Å². The zero-order chi connectivity index (χ0) is 13.5. The van der Waals surface area contributed by atoms with Crippen LogP contribution >= 0.6 is 0 Å². The summed E-state index contributed by atoms with van der Waals surface area (Å²) in [7, 11) is -3.37. The van der Waals surface area contributed by atoms with E-state index in [1.54, 1.807) is 16.4 Å². The van der Waals surface area contributed by atoms with E-state index in [0.717, 1.165) is 19.3 Å². The third-order valence-corrected chi connectivity index (χ3v) is 5.72. The van der Waals surface area contributed by atoms with Crippen molar-refractivity contribution in [1.82, 2.24) is 4.31 Å². The fourth-order valence-electron chi connectivity index (χ4n) is 3.03. The van der Waals surface area contributed by atoms with Crippen molar-refractivity contribution in [3.63, 3.8) is 0 Å². The fourth-order valence-corrected chi connectivity index (χ4v) is 5.01. The molecule has 2 aliphatic heterocycles. The van der Waals surface area contributed by atoms with Crippen LogP contribution in [-0.4, -0.2) is 24.8 Å². The van der Waals surface area contributed by atoms with Crippen molar-refractivity contribution in [3.8, 4) is 0 Å². The Morgan fingerprint density at radius 3 is 2.89 bits per heavy atom. The van der Waals surface area contributed by atoms with Gasteiger partial charge in [0.2, 0.25) is 10.0 Å². The van der Waals surface area contributed by atoms with Crippen molar-refractivity contribution >= 4 is 10.0 Å². The van der Waals surface area contributed by atoms with Crippen LogP contribution in [0.1, 0.15) is 24.8 Å². The summed E-state index contributed by atoms with van der Waals surface area (Å²) in [6, 6.07) is 5.90. The quantitative estimate of drug-likeness (QED) is 0.798. The monoisotopic (exact) mass is 281 g/mol. The number of hydrogen-bond acceptors (Lipinski definition) is 2. The summed E-state index contributed by atoms with van der Waals surface area (Å²) in [6.45, 7) is 0. The van der Waals surface area contributed by atoms with Gasteiger partial charge in [-0.15, -0.1) is 0 Å². The van der Waals surface area contributed by atoms with Gasteiger partial charge in [0.1, 0.15) is 5.82 Å². The van der Waals surface area contributed by atoms with Gasteiger partial charge in [-0.3, -0.25) is 0 Å². The highest BCUT2D eigenvalue weighted by molar-refractivity contribution is 7.88. The molecule has 0 radical (unpaired) electrons. The molecular formula is C14H16FNO2S. The van der Waals surface area contributed by atoms with Crippen LogP contribution in [0.3, 0.4) is 0 Å². The summed E-state index contributed by atoms with van der Waals surface area (Å²) in [5.41, 5.74) is 0.508. The first-order valence-corrected chi connectivity index (χ1v) is 8.09. The molecule has 1 fully saturated rings. The number of fused-ring (bicyclic) bond motifs is 2. The minimum Gasteiger partial charge on any atom is -0.212 e. The Morgan fingerprint density at radius 2 is 2.16 bits per heavy atom. The van der Waals surface area contributed by atoms with E-state index in [9.17, 15) is 12.8 Å². The minimum absolute atomic E-state index is 0.00249. The number of hydrogen-bond donors (Lipinski definition) is 0.